The van der Waals surface area contributed by atoms with Gasteiger partial charge in [-0.25, -0.2) is 12.7 Å². The number of amides is 2. The molecule has 24 heavy (non-hydrogen) atoms. The second-order valence-electron chi connectivity index (χ2n) is 6.02. The van der Waals surface area contributed by atoms with Crippen LogP contribution in [0.15, 0.2) is 0 Å². The lowest BCUT2D eigenvalue weighted by Crippen LogP contribution is -2.44. The monoisotopic (exact) mass is 363 g/mol. The molecule has 10 heteroatoms. The molecule has 2 atom stereocenters. The molecular formula is C14H25N3O6S. The van der Waals surface area contributed by atoms with Crippen LogP contribution in [0.25, 0.3) is 0 Å². The van der Waals surface area contributed by atoms with Gasteiger partial charge >= 0.3 is 0 Å². The zero-order valence-electron chi connectivity index (χ0n) is 14.1. The van der Waals surface area contributed by atoms with Crippen molar-refractivity contribution in [2.75, 3.05) is 52.8 Å². The third-order valence-corrected chi connectivity index (χ3v) is 5.99. The lowest BCUT2D eigenvalue weighted by Gasteiger charge is -2.23. The number of sulfonamides is 1. The third-order valence-electron chi connectivity index (χ3n) is 4.26. The molecule has 0 bridgehead atoms. The minimum Gasteiger partial charge on any atom is -0.385 e. The van der Waals surface area contributed by atoms with E-state index in [0.29, 0.717) is 26.0 Å². The molecule has 0 saturated carbocycles. The summed E-state index contributed by atoms with van der Waals surface area (Å²) in [5.74, 6) is -0.745. The van der Waals surface area contributed by atoms with E-state index in [1.54, 1.807) is 0 Å². The van der Waals surface area contributed by atoms with Crippen LogP contribution in [0.2, 0.25) is 0 Å². The Morgan fingerprint density at radius 3 is 2.75 bits per heavy atom. The van der Waals surface area contributed by atoms with Crippen LogP contribution < -0.4 is 5.32 Å². The molecule has 1 N–H and O–H groups in total. The molecular weight excluding hydrogens is 338 g/mol. The highest BCUT2D eigenvalue weighted by molar-refractivity contribution is 7.89. The van der Waals surface area contributed by atoms with Gasteiger partial charge in [-0.3, -0.25) is 14.5 Å². The Labute approximate surface area is 142 Å². The lowest BCUT2D eigenvalue weighted by atomic mass is 10.1. The van der Waals surface area contributed by atoms with E-state index in [2.05, 4.69) is 5.32 Å². The lowest BCUT2D eigenvalue weighted by molar-refractivity contribution is -0.131. The summed E-state index contributed by atoms with van der Waals surface area (Å²) in [6, 6.07) is -0.694. The molecule has 2 amide bonds. The summed E-state index contributed by atoms with van der Waals surface area (Å²) in [6.07, 6.45) is 0.868. The van der Waals surface area contributed by atoms with Crippen LogP contribution in [0.1, 0.15) is 12.8 Å². The average molecular weight is 363 g/mol. The molecule has 0 unspecified atom stereocenters. The van der Waals surface area contributed by atoms with Crippen molar-refractivity contribution in [3.63, 3.8) is 0 Å². The number of carbonyl (C=O) groups is 2. The predicted molar refractivity (Wildman–Crippen MR) is 85.8 cm³/mol. The van der Waals surface area contributed by atoms with Gasteiger partial charge in [0.15, 0.2) is 0 Å². The Morgan fingerprint density at radius 1 is 1.33 bits per heavy atom. The number of carbonyl (C=O) groups excluding carboxylic acids is 2. The fourth-order valence-electron chi connectivity index (χ4n) is 3.16. The second kappa shape index (κ2) is 8.24. The minimum atomic E-state index is -3.60. The Kier molecular flexibility index (Phi) is 6.55. The van der Waals surface area contributed by atoms with Gasteiger partial charge in [0.25, 0.3) is 5.91 Å². The van der Waals surface area contributed by atoms with Gasteiger partial charge in [-0.15, -0.1) is 0 Å². The first kappa shape index (κ1) is 19.1. The van der Waals surface area contributed by atoms with Gasteiger partial charge in [-0.1, -0.05) is 0 Å². The number of methoxy groups -OCH3 is 2. The number of nitrogens with one attached hydrogen (secondary N) is 1. The van der Waals surface area contributed by atoms with E-state index in [1.165, 1.54) is 14.2 Å². The van der Waals surface area contributed by atoms with Gasteiger partial charge < -0.3 is 14.8 Å². The van der Waals surface area contributed by atoms with Gasteiger partial charge in [0.1, 0.15) is 6.61 Å². The maximum atomic E-state index is 12.7. The van der Waals surface area contributed by atoms with Gasteiger partial charge in [-0.05, 0) is 12.8 Å². The van der Waals surface area contributed by atoms with Gasteiger partial charge in [-0.2, -0.15) is 0 Å². The normalized spacial score (nSPS) is 26.9. The summed E-state index contributed by atoms with van der Waals surface area (Å²) >= 11 is 0. The van der Waals surface area contributed by atoms with Crippen molar-refractivity contribution >= 4 is 21.8 Å². The molecule has 2 aliphatic heterocycles. The minimum absolute atomic E-state index is 0.0351. The number of rotatable bonds is 7. The van der Waals surface area contributed by atoms with E-state index in [1.807, 2.05) is 4.90 Å². The number of fused-ring (bicyclic) bond motifs is 1. The fourth-order valence-corrected chi connectivity index (χ4v) is 4.65. The third kappa shape index (κ3) is 4.44. The van der Waals surface area contributed by atoms with Crippen molar-refractivity contribution in [3.05, 3.63) is 0 Å². The van der Waals surface area contributed by atoms with Crippen molar-refractivity contribution in [3.8, 4) is 0 Å². The van der Waals surface area contributed by atoms with E-state index in [0.717, 1.165) is 4.31 Å². The van der Waals surface area contributed by atoms with E-state index < -0.39 is 22.0 Å². The summed E-state index contributed by atoms with van der Waals surface area (Å²) in [5.41, 5.74) is 0. The Hall–Kier alpha value is -1.23. The SMILES string of the molecule is COCCCN1C(=O)[C@@H]2C[C@H](NC(=O)COC)CN2CCS1(=O)=O. The summed E-state index contributed by atoms with van der Waals surface area (Å²) in [5, 5.41) is 2.82. The Balaban J connectivity index is 2.05. The summed E-state index contributed by atoms with van der Waals surface area (Å²) in [4.78, 5) is 26.2. The van der Waals surface area contributed by atoms with Crippen LogP contribution in [-0.4, -0.2) is 94.3 Å². The van der Waals surface area contributed by atoms with E-state index in [-0.39, 0.29) is 37.4 Å². The maximum Gasteiger partial charge on any atom is 0.253 e. The van der Waals surface area contributed by atoms with Crippen molar-refractivity contribution in [1.29, 1.82) is 0 Å². The quantitative estimate of drug-likeness (QED) is 0.543. The predicted octanol–water partition coefficient (Wildman–Crippen LogP) is -1.60. The van der Waals surface area contributed by atoms with E-state index in [9.17, 15) is 18.0 Å². The Morgan fingerprint density at radius 2 is 2.08 bits per heavy atom. The zero-order chi connectivity index (χ0) is 17.7. The first-order valence-electron chi connectivity index (χ1n) is 7.94. The molecule has 2 heterocycles. The highest BCUT2D eigenvalue weighted by Gasteiger charge is 2.45. The van der Waals surface area contributed by atoms with E-state index >= 15 is 0 Å². The summed E-state index contributed by atoms with van der Waals surface area (Å²) in [6.45, 7) is 1.24. The molecule has 2 rings (SSSR count). The van der Waals surface area contributed by atoms with Crippen molar-refractivity contribution < 1.29 is 27.5 Å². The second-order valence-corrected chi connectivity index (χ2v) is 8.03. The van der Waals surface area contributed by atoms with Crippen molar-refractivity contribution in [2.45, 2.75) is 24.9 Å². The van der Waals surface area contributed by atoms with Crippen molar-refractivity contribution in [1.82, 2.24) is 14.5 Å². The first-order valence-corrected chi connectivity index (χ1v) is 9.55. The van der Waals surface area contributed by atoms with Gasteiger partial charge in [0, 0.05) is 46.5 Å². The number of hydrogen-bond acceptors (Lipinski definition) is 7. The van der Waals surface area contributed by atoms with Crippen LogP contribution in [-0.2, 0) is 29.1 Å². The highest BCUT2D eigenvalue weighted by atomic mass is 32.2. The molecule has 2 aliphatic rings. The molecule has 0 aromatic carbocycles. The smallest absolute Gasteiger partial charge is 0.253 e. The van der Waals surface area contributed by atoms with Gasteiger partial charge in [0.2, 0.25) is 15.9 Å². The largest absolute Gasteiger partial charge is 0.385 e. The van der Waals surface area contributed by atoms with Crippen LogP contribution in [0.4, 0.5) is 0 Å². The molecule has 2 saturated heterocycles. The van der Waals surface area contributed by atoms with Crippen LogP contribution in [0, 0.1) is 0 Å². The number of nitrogens with zero attached hydrogens (tertiary/aromatic N) is 2. The van der Waals surface area contributed by atoms with E-state index in [4.69, 9.17) is 9.47 Å². The van der Waals surface area contributed by atoms with Crippen LogP contribution >= 0.6 is 0 Å². The first-order chi connectivity index (χ1) is 11.4. The molecule has 0 spiro atoms. The molecule has 9 nitrogen and oxygen atoms in total. The van der Waals surface area contributed by atoms with Crippen molar-refractivity contribution in [2.24, 2.45) is 0 Å². The van der Waals surface area contributed by atoms with Crippen LogP contribution in [0.3, 0.4) is 0 Å². The highest BCUT2D eigenvalue weighted by Crippen LogP contribution is 2.24. The average Bonchev–Trinajstić information content (AvgIpc) is 2.88. The summed E-state index contributed by atoms with van der Waals surface area (Å²) in [7, 11) is -0.631. The number of ether oxygens (including phenoxy) is 2. The standard InChI is InChI=1S/C14H25N3O6S/c1-22-6-3-4-17-14(19)12-8-11(15-13(18)10-23-2)9-16(12)5-7-24(17,20)21/h11-12H,3-10H2,1-2H3,(H,15,18)/t11-,12-/m0/s1. The van der Waals surface area contributed by atoms with Gasteiger partial charge in [0.05, 0.1) is 11.8 Å². The molecule has 0 aliphatic carbocycles. The maximum absolute atomic E-state index is 12.7. The Bertz CT molecular complexity index is 567. The molecule has 0 aromatic rings. The summed E-state index contributed by atoms with van der Waals surface area (Å²) < 4.78 is 35.4. The molecule has 0 radical (unpaired) electrons. The topological polar surface area (TPSA) is 105 Å². The molecule has 138 valence electrons. The van der Waals surface area contributed by atoms with Crippen LogP contribution in [0.5, 0.6) is 0 Å². The number of hydrogen-bond donors (Lipinski definition) is 1. The molecule has 0 aromatic heterocycles. The molecule has 2 fully saturated rings. The fraction of sp³-hybridized carbons (Fsp3) is 0.857. The zero-order valence-corrected chi connectivity index (χ0v) is 14.9.